The summed E-state index contributed by atoms with van der Waals surface area (Å²) in [7, 11) is 3.93. The summed E-state index contributed by atoms with van der Waals surface area (Å²) in [5.74, 6) is -2.81. The van der Waals surface area contributed by atoms with E-state index in [1.807, 2.05) is 49.3 Å². The van der Waals surface area contributed by atoms with Gasteiger partial charge >= 0.3 is 0 Å². The normalized spacial score (nSPS) is 24.2. The van der Waals surface area contributed by atoms with Gasteiger partial charge in [0.15, 0.2) is 11.6 Å². The van der Waals surface area contributed by atoms with Crippen LogP contribution in [0.25, 0.3) is 0 Å². The number of aliphatic hydroxyl groups excluding tert-OH is 1. The first-order valence-corrected chi connectivity index (χ1v) is 15.2. The van der Waals surface area contributed by atoms with Gasteiger partial charge in [-0.05, 0) is 92.4 Å². The van der Waals surface area contributed by atoms with Gasteiger partial charge in [-0.1, -0.05) is 11.6 Å². The number of nitrogens with zero attached hydrogens (tertiary/aromatic N) is 4. The van der Waals surface area contributed by atoms with Gasteiger partial charge in [0, 0.05) is 36.5 Å². The molecule has 2 heterocycles. The topological polar surface area (TPSA) is 133 Å². The fourth-order valence-electron chi connectivity index (χ4n) is 7.18. The average molecular weight is 617 g/mol. The number of imide groups is 1. The molecule has 0 radical (unpaired) electrons. The Kier molecular flexibility index (Phi) is 7.24. The molecule has 3 aromatic rings. The lowest BCUT2D eigenvalue weighted by atomic mass is 9.60. The monoisotopic (exact) mass is 616 g/mol. The van der Waals surface area contributed by atoms with Crippen molar-refractivity contribution < 1.29 is 28.7 Å². The van der Waals surface area contributed by atoms with E-state index in [2.05, 4.69) is 10.2 Å². The fourth-order valence-corrected chi connectivity index (χ4v) is 7.18. The van der Waals surface area contributed by atoms with Crippen LogP contribution in [0.15, 0.2) is 110 Å². The molecular formula is C36H32N4O6. The minimum Gasteiger partial charge on any atom is -0.463 e. The van der Waals surface area contributed by atoms with Crippen LogP contribution < -0.4 is 9.80 Å². The largest absolute Gasteiger partial charge is 0.463 e. The Morgan fingerprint density at radius 1 is 0.891 bits per heavy atom. The smallest absolute Gasteiger partial charge is 0.238 e. The minimum atomic E-state index is -0.698. The van der Waals surface area contributed by atoms with Gasteiger partial charge in [-0.25, -0.2) is 0 Å². The Hall–Kier alpha value is -5.22. The van der Waals surface area contributed by atoms with Crippen LogP contribution >= 0.6 is 0 Å². The molecule has 1 saturated heterocycles. The standard InChI is InChI=1S/C36H32N4O6/c1-19-16-29(42)28-17-27-25(32(33(28)34(19)43)30-15-12-24(18-41)46-30)13-14-26-31(27)36(45)40(35(26)44)23-10-6-21(7-11-23)38-37-20-4-8-22(9-5-20)39(2)3/h4-13,15-16,26-27,31-32,41H,14,17-18H2,1-3H3/t26-,27+,31-,32+/m0/s1. The van der Waals surface area contributed by atoms with Gasteiger partial charge in [0.1, 0.15) is 18.1 Å². The number of benzene rings is 2. The lowest BCUT2D eigenvalue weighted by molar-refractivity contribution is -0.123. The Labute approximate surface area is 265 Å². The number of Topliss-reactive ketones (excluding diaryl/α,β-unsaturated/α-hetero) is 1. The number of anilines is 2. The molecule has 0 bridgehead atoms. The molecule has 1 aromatic heterocycles. The number of hydrogen-bond acceptors (Lipinski definition) is 9. The number of hydrogen-bond donors (Lipinski definition) is 1. The summed E-state index contributed by atoms with van der Waals surface area (Å²) in [5.41, 5.74) is 4.61. The molecule has 7 rings (SSSR count). The number of amides is 2. The van der Waals surface area contributed by atoms with Gasteiger partial charge in [0.25, 0.3) is 0 Å². The van der Waals surface area contributed by atoms with Crippen LogP contribution in [0.5, 0.6) is 0 Å². The molecule has 0 spiro atoms. The van der Waals surface area contributed by atoms with Crippen molar-refractivity contribution >= 4 is 46.1 Å². The second-order valence-electron chi connectivity index (χ2n) is 12.3. The van der Waals surface area contributed by atoms with Crippen LogP contribution in [0.1, 0.15) is 37.2 Å². The second kappa shape index (κ2) is 11.3. The van der Waals surface area contributed by atoms with E-state index < -0.39 is 23.7 Å². The lowest BCUT2D eigenvalue weighted by Crippen LogP contribution is -2.39. The molecule has 46 heavy (non-hydrogen) atoms. The summed E-state index contributed by atoms with van der Waals surface area (Å²) < 4.78 is 5.92. The molecule has 1 fully saturated rings. The van der Waals surface area contributed by atoms with Crippen molar-refractivity contribution in [3.63, 3.8) is 0 Å². The number of ketones is 2. The van der Waals surface area contributed by atoms with Crippen molar-refractivity contribution in [2.24, 2.45) is 28.0 Å². The van der Waals surface area contributed by atoms with E-state index in [0.717, 1.165) is 11.3 Å². The van der Waals surface area contributed by atoms with E-state index in [4.69, 9.17) is 4.42 Å². The quantitative estimate of drug-likeness (QED) is 0.158. The molecule has 232 valence electrons. The highest BCUT2D eigenvalue weighted by molar-refractivity contribution is 6.25. The number of azo groups is 1. The average Bonchev–Trinajstić information content (AvgIpc) is 3.64. The van der Waals surface area contributed by atoms with E-state index in [1.165, 1.54) is 11.0 Å². The summed E-state index contributed by atoms with van der Waals surface area (Å²) in [6, 6.07) is 17.8. The fraction of sp³-hybridized carbons (Fsp3) is 0.278. The van der Waals surface area contributed by atoms with Gasteiger partial charge in [-0.2, -0.15) is 10.2 Å². The van der Waals surface area contributed by atoms with Crippen LogP contribution in [0.2, 0.25) is 0 Å². The molecule has 1 aliphatic heterocycles. The maximum atomic E-state index is 14.1. The number of aliphatic hydroxyl groups is 1. The van der Waals surface area contributed by atoms with Gasteiger partial charge in [0.05, 0.1) is 34.8 Å². The van der Waals surface area contributed by atoms with Gasteiger partial charge < -0.3 is 14.4 Å². The van der Waals surface area contributed by atoms with Crippen LogP contribution in [0.4, 0.5) is 22.7 Å². The first-order chi connectivity index (χ1) is 22.2. The zero-order valence-corrected chi connectivity index (χ0v) is 25.6. The predicted octanol–water partition coefficient (Wildman–Crippen LogP) is 5.89. The summed E-state index contributed by atoms with van der Waals surface area (Å²) in [4.78, 5) is 57.9. The molecule has 1 N–H and O–H groups in total. The minimum absolute atomic E-state index is 0.183. The molecule has 0 saturated carbocycles. The van der Waals surface area contributed by atoms with Gasteiger partial charge in [-0.3, -0.25) is 24.1 Å². The first-order valence-electron chi connectivity index (χ1n) is 15.2. The number of rotatable bonds is 6. The van der Waals surface area contributed by atoms with Crippen molar-refractivity contribution in [1.82, 2.24) is 0 Å². The molecule has 4 atom stereocenters. The summed E-state index contributed by atoms with van der Waals surface area (Å²) in [6.07, 6.45) is 3.79. The zero-order chi connectivity index (χ0) is 32.3. The van der Waals surface area contributed by atoms with Crippen molar-refractivity contribution in [2.45, 2.75) is 32.3 Å². The van der Waals surface area contributed by atoms with E-state index >= 15 is 0 Å². The highest BCUT2D eigenvalue weighted by atomic mass is 16.4. The molecule has 0 unspecified atom stereocenters. The van der Waals surface area contributed by atoms with Crippen molar-refractivity contribution in [3.05, 3.63) is 107 Å². The van der Waals surface area contributed by atoms with E-state index in [9.17, 15) is 24.3 Å². The summed E-state index contributed by atoms with van der Waals surface area (Å²) >= 11 is 0. The number of carbonyl (C=O) groups is 4. The number of allylic oxidation sites excluding steroid dienone is 6. The lowest BCUT2D eigenvalue weighted by Gasteiger charge is -2.41. The third-order valence-corrected chi connectivity index (χ3v) is 9.44. The Morgan fingerprint density at radius 2 is 1.57 bits per heavy atom. The molecule has 10 nitrogen and oxygen atoms in total. The van der Waals surface area contributed by atoms with E-state index in [0.29, 0.717) is 51.7 Å². The summed E-state index contributed by atoms with van der Waals surface area (Å²) in [6.45, 7) is 1.30. The van der Waals surface area contributed by atoms with Gasteiger partial charge in [-0.15, -0.1) is 0 Å². The van der Waals surface area contributed by atoms with Crippen LogP contribution in [-0.4, -0.2) is 42.6 Å². The van der Waals surface area contributed by atoms with E-state index in [1.54, 1.807) is 43.3 Å². The number of fused-ring (bicyclic) bond motifs is 3. The second-order valence-corrected chi connectivity index (χ2v) is 12.3. The third kappa shape index (κ3) is 4.76. The molecule has 2 aromatic carbocycles. The molecular weight excluding hydrogens is 584 g/mol. The highest BCUT2D eigenvalue weighted by Crippen LogP contribution is 2.55. The summed E-state index contributed by atoms with van der Waals surface area (Å²) in [5, 5.41) is 18.3. The third-order valence-electron chi connectivity index (χ3n) is 9.44. The Balaban J connectivity index is 1.18. The number of furan rings is 1. The van der Waals surface area contributed by atoms with Gasteiger partial charge in [0.2, 0.25) is 11.8 Å². The zero-order valence-electron chi connectivity index (χ0n) is 25.6. The predicted molar refractivity (Wildman–Crippen MR) is 170 cm³/mol. The Morgan fingerprint density at radius 3 is 2.20 bits per heavy atom. The maximum absolute atomic E-state index is 14.1. The van der Waals surface area contributed by atoms with E-state index in [-0.39, 0.29) is 36.4 Å². The SMILES string of the molecule is CC1=CC(=O)C2=C(C1=O)[C@@H](c1ccc(CO)o1)C1=CC[C@@H]3C(=O)N(c4ccc(N=Nc5ccc(N(C)C)cc5)cc4)C(=O)[C@@H]3[C@@H]1C2. The highest BCUT2D eigenvalue weighted by Gasteiger charge is 2.57. The molecule has 3 aliphatic carbocycles. The first kappa shape index (κ1) is 29.5. The van der Waals surface area contributed by atoms with Crippen molar-refractivity contribution in [3.8, 4) is 0 Å². The number of carbonyl (C=O) groups excluding carboxylic acids is 4. The van der Waals surface area contributed by atoms with Crippen LogP contribution in [0.3, 0.4) is 0 Å². The van der Waals surface area contributed by atoms with Crippen LogP contribution in [0, 0.1) is 17.8 Å². The van der Waals surface area contributed by atoms with Crippen LogP contribution in [-0.2, 0) is 25.8 Å². The molecule has 2 amide bonds. The molecule has 10 heteroatoms. The van der Waals surface area contributed by atoms with Crippen molar-refractivity contribution in [1.29, 1.82) is 0 Å². The van der Waals surface area contributed by atoms with Crippen molar-refractivity contribution in [2.75, 3.05) is 23.9 Å². The molecule has 4 aliphatic rings. The Bertz CT molecular complexity index is 1910. The maximum Gasteiger partial charge on any atom is 0.238 e.